The minimum atomic E-state index is 0.174. The van der Waals surface area contributed by atoms with Gasteiger partial charge in [-0.3, -0.25) is 0 Å². The lowest BCUT2D eigenvalue weighted by Crippen LogP contribution is -2.20. The Bertz CT molecular complexity index is 307. The minimum Gasteiger partial charge on any atom is -0.381 e. The zero-order valence-electron chi connectivity index (χ0n) is 23.7. The van der Waals surface area contributed by atoms with Crippen LogP contribution in [-0.2, 0) is 23.7 Å². The van der Waals surface area contributed by atoms with E-state index in [1.807, 2.05) is 6.92 Å². The molecule has 0 saturated heterocycles. The predicted molar refractivity (Wildman–Crippen MR) is 139 cm³/mol. The Balaban J connectivity index is -0.000000442. The summed E-state index contributed by atoms with van der Waals surface area (Å²) >= 11 is 0. The van der Waals surface area contributed by atoms with Crippen LogP contribution in [0.15, 0.2) is 0 Å². The number of ether oxygens (including phenoxy) is 5. The van der Waals surface area contributed by atoms with Gasteiger partial charge in [-0.05, 0) is 43.4 Å². The van der Waals surface area contributed by atoms with E-state index in [4.69, 9.17) is 23.7 Å². The topological polar surface area (TPSA) is 46.2 Å². The Morgan fingerprint density at radius 1 is 0.406 bits per heavy atom. The lowest BCUT2D eigenvalue weighted by atomic mass is 10.2. The maximum Gasteiger partial charge on any atom is 0.0780 e. The molecule has 5 heteroatoms. The van der Waals surface area contributed by atoms with E-state index in [0.29, 0.717) is 43.5 Å². The fourth-order valence-electron chi connectivity index (χ4n) is 2.02. The second-order valence-electron chi connectivity index (χ2n) is 10.0. The number of hydrogen-bond donors (Lipinski definition) is 0. The molecule has 198 valence electrons. The summed E-state index contributed by atoms with van der Waals surface area (Å²) < 4.78 is 26.9. The Hall–Kier alpha value is -0.200. The lowest BCUT2D eigenvalue weighted by molar-refractivity contribution is -0.0320. The van der Waals surface area contributed by atoms with Crippen LogP contribution in [0.2, 0.25) is 0 Å². The lowest BCUT2D eigenvalue weighted by Gasteiger charge is -2.15. The molecule has 0 bridgehead atoms. The highest BCUT2D eigenvalue weighted by molar-refractivity contribution is 4.49. The van der Waals surface area contributed by atoms with Crippen molar-refractivity contribution in [1.82, 2.24) is 0 Å². The highest BCUT2D eigenvalue weighted by Crippen LogP contribution is 1.99. The SMILES string of the molecule is CC(C)COCC(C)C.CC(C)COCCOCC(C)OCC(C)C.CCCOCCC. The molecule has 0 spiro atoms. The summed E-state index contributed by atoms with van der Waals surface area (Å²) in [7, 11) is 0. The average molecular weight is 465 g/mol. The van der Waals surface area contributed by atoms with Crippen molar-refractivity contribution >= 4 is 0 Å². The van der Waals surface area contributed by atoms with E-state index < -0.39 is 0 Å². The van der Waals surface area contributed by atoms with E-state index in [2.05, 4.69) is 69.2 Å². The average Bonchev–Trinajstić information content (AvgIpc) is 2.69. The van der Waals surface area contributed by atoms with E-state index in [1.54, 1.807) is 0 Å². The molecule has 0 aromatic heterocycles. The van der Waals surface area contributed by atoms with Gasteiger partial charge in [0, 0.05) is 39.6 Å². The third kappa shape index (κ3) is 43.6. The first-order chi connectivity index (χ1) is 15.1. The van der Waals surface area contributed by atoms with Crippen LogP contribution in [0.5, 0.6) is 0 Å². The van der Waals surface area contributed by atoms with Crippen LogP contribution in [0.25, 0.3) is 0 Å². The van der Waals surface area contributed by atoms with Crippen molar-refractivity contribution in [2.75, 3.05) is 59.5 Å². The molecule has 0 rings (SSSR count). The molecule has 0 saturated carbocycles. The van der Waals surface area contributed by atoms with Crippen LogP contribution in [0.4, 0.5) is 0 Å². The van der Waals surface area contributed by atoms with Gasteiger partial charge in [-0.15, -0.1) is 0 Å². The third-order valence-electron chi connectivity index (χ3n) is 3.49. The maximum atomic E-state index is 5.58. The molecule has 32 heavy (non-hydrogen) atoms. The largest absolute Gasteiger partial charge is 0.381 e. The molecule has 0 N–H and O–H groups in total. The van der Waals surface area contributed by atoms with E-state index >= 15 is 0 Å². The summed E-state index contributed by atoms with van der Waals surface area (Å²) in [5.74, 6) is 2.51. The van der Waals surface area contributed by atoms with Gasteiger partial charge in [0.1, 0.15) is 0 Å². The van der Waals surface area contributed by atoms with Gasteiger partial charge in [0.2, 0.25) is 0 Å². The predicted octanol–water partition coefficient (Wildman–Crippen LogP) is 6.87. The molecular formula is C27H60O5. The molecule has 1 unspecified atom stereocenters. The molecule has 0 heterocycles. The van der Waals surface area contributed by atoms with Crippen LogP contribution >= 0.6 is 0 Å². The first-order valence-electron chi connectivity index (χ1n) is 13.0. The van der Waals surface area contributed by atoms with Crippen LogP contribution in [0, 0.1) is 23.7 Å². The Morgan fingerprint density at radius 3 is 1.16 bits per heavy atom. The first-order valence-corrected chi connectivity index (χ1v) is 13.0. The molecule has 0 amide bonds. The second-order valence-corrected chi connectivity index (χ2v) is 10.0. The molecule has 0 aliphatic carbocycles. The van der Waals surface area contributed by atoms with Crippen LogP contribution in [0.3, 0.4) is 0 Å². The van der Waals surface area contributed by atoms with Crippen molar-refractivity contribution in [3.8, 4) is 0 Å². The molecule has 0 aromatic rings. The summed E-state index contributed by atoms with van der Waals surface area (Å²) in [4.78, 5) is 0. The fraction of sp³-hybridized carbons (Fsp3) is 1.00. The van der Waals surface area contributed by atoms with Gasteiger partial charge in [-0.2, -0.15) is 0 Å². The highest BCUT2D eigenvalue weighted by Gasteiger charge is 2.03. The maximum absolute atomic E-state index is 5.58. The van der Waals surface area contributed by atoms with Crippen molar-refractivity contribution in [3.63, 3.8) is 0 Å². The Morgan fingerprint density at radius 2 is 0.781 bits per heavy atom. The van der Waals surface area contributed by atoms with Gasteiger partial charge in [0.25, 0.3) is 0 Å². The quantitative estimate of drug-likeness (QED) is 0.207. The minimum absolute atomic E-state index is 0.174. The normalized spacial score (nSPS) is 12.1. The zero-order valence-corrected chi connectivity index (χ0v) is 23.7. The van der Waals surface area contributed by atoms with Gasteiger partial charge < -0.3 is 23.7 Å². The van der Waals surface area contributed by atoms with E-state index in [0.717, 1.165) is 52.5 Å². The Kier molecular flexibility index (Phi) is 32.8. The summed E-state index contributed by atoms with van der Waals surface area (Å²) in [5.41, 5.74) is 0. The van der Waals surface area contributed by atoms with Crippen molar-refractivity contribution in [2.24, 2.45) is 23.7 Å². The van der Waals surface area contributed by atoms with E-state index in [9.17, 15) is 0 Å². The van der Waals surface area contributed by atoms with Crippen LogP contribution in [0.1, 0.15) is 89.0 Å². The third-order valence-corrected chi connectivity index (χ3v) is 3.49. The van der Waals surface area contributed by atoms with Crippen molar-refractivity contribution in [3.05, 3.63) is 0 Å². The first kappa shape index (κ1) is 36.4. The van der Waals surface area contributed by atoms with Gasteiger partial charge in [0.05, 0.1) is 25.9 Å². The highest BCUT2D eigenvalue weighted by atomic mass is 16.5. The number of hydrogen-bond acceptors (Lipinski definition) is 5. The zero-order chi connectivity index (χ0) is 25.2. The van der Waals surface area contributed by atoms with Gasteiger partial charge >= 0.3 is 0 Å². The summed E-state index contributed by atoms with van der Waals surface area (Å²) in [5, 5.41) is 0. The van der Waals surface area contributed by atoms with E-state index in [1.165, 1.54) is 0 Å². The smallest absolute Gasteiger partial charge is 0.0780 e. The van der Waals surface area contributed by atoms with Gasteiger partial charge in [0.15, 0.2) is 0 Å². The van der Waals surface area contributed by atoms with Gasteiger partial charge in [-0.25, -0.2) is 0 Å². The molecule has 5 nitrogen and oxygen atoms in total. The molecular weight excluding hydrogens is 404 g/mol. The number of rotatable bonds is 18. The Labute approximate surface area is 202 Å². The van der Waals surface area contributed by atoms with E-state index in [-0.39, 0.29) is 6.10 Å². The van der Waals surface area contributed by atoms with Crippen molar-refractivity contribution < 1.29 is 23.7 Å². The summed E-state index contributed by atoms with van der Waals surface area (Å²) in [6.45, 7) is 30.8. The van der Waals surface area contributed by atoms with Crippen LogP contribution < -0.4 is 0 Å². The second kappa shape index (κ2) is 28.8. The molecule has 1 atom stereocenters. The van der Waals surface area contributed by atoms with Crippen molar-refractivity contribution in [2.45, 2.75) is 95.1 Å². The molecule has 0 fully saturated rings. The van der Waals surface area contributed by atoms with Crippen LogP contribution in [-0.4, -0.2) is 65.6 Å². The molecule has 0 aromatic carbocycles. The summed E-state index contributed by atoms with van der Waals surface area (Å²) in [6, 6.07) is 0. The fourth-order valence-corrected chi connectivity index (χ4v) is 2.02. The molecule has 0 aliphatic heterocycles. The summed E-state index contributed by atoms with van der Waals surface area (Å²) in [6.07, 6.45) is 2.45. The standard InChI is InChI=1S/C13H28O3.C8H18O.C6H14O/c1-11(2)8-14-6-7-15-10-13(5)16-9-12(3)4;1-7(2)5-9-6-8(3)4;1-3-5-7-6-4-2/h11-13H,6-10H2,1-5H3;7-8H,5-6H2,1-4H3;3-6H2,1-2H3. The van der Waals surface area contributed by atoms with Gasteiger partial charge in [-0.1, -0.05) is 69.2 Å². The van der Waals surface area contributed by atoms with Crippen molar-refractivity contribution in [1.29, 1.82) is 0 Å². The molecule has 0 aliphatic rings. The monoisotopic (exact) mass is 464 g/mol. The molecule has 0 radical (unpaired) electrons.